The van der Waals surface area contributed by atoms with E-state index in [-0.39, 0.29) is 11.7 Å². The number of carbonyl (C=O) groups excluding carboxylic acids is 1. The van der Waals surface area contributed by atoms with Crippen LogP contribution in [0.5, 0.6) is 5.75 Å². The molecule has 0 bridgehead atoms. The van der Waals surface area contributed by atoms with Gasteiger partial charge in [-0.2, -0.15) is 0 Å². The summed E-state index contributed by atoms with van der Waals surface area (Å²) in [5.41, 5.74) is 0.705. The Morgan fingerprint density at radius 2 is 2.00 bits per heavy atom. The lowest BCUT2D eigenvalue weighted by Gasteiger charge is -2.30. The molecule has 2 rings (SSSR count). The number of Topliss-reactive ketones (excluding diaryl/α,β-unsaturated/α-hetero) is 1. The maximum absolute atomic E-state index is 12.6. The van der Waals surface area contributed by atoms with Crippen molar-refractivity contribution in [1.29, 1.82) is 0 Å². The Bertz CT molecular complexity index is 462. The summed E-state index contributed by atoms with van der Waals surface area (Å²) in [6, 6.07) is 1.85. The molecule has 0 saturated heterocycles. The van der Waals surface area contributed by atoms with Crippen LogP contribution in [-0.2, 0) is 0 Å². The summed E-state index contributed by atoms with van der Waals surface area (Å²) in [7, 11) is 0. The zero-order valence-corrected chi connectivity index (χ0v) is 13.5. The first kappa shape index (κ1) is 16.0. The minimum atomic E-state index is 0.170. The topological polar surface area (TPSA) is 39.2 Å². The van der Waals surface area contributed by atoms with E-state index < -0.39 is 0 Å². The number of aromatic nitrogens is 1. The first-order chi connectivity index (χ1) is 10.1. The highest BCUT2D eigenvalue weighted by Crippen LogP contribution is 2.35. The smallest absolute Gasteiger partial charge is 0.167 e. The Kier molecular flexibility index (Phi) is 5.77. The van der Waals surface area contributed by atoms with Gasteiger partial charge in [0.2, 0.25) is 0 Å². The normalized spacial score (nSPS) is 22.3. The Morgan fingerprint density at radius 1 is 1.29 bits per heavy atom. The van der Waals surface area contributed by atoms with Gasteiger partial charge in [-0.1, -0.05) is 20.8 Å². The molecule has 0 spiro atoms. The molecule has 1 fully saturated rings. The van der Waals surface area contributed by atoms with Crippen molar-refractivity contribution < 1.29 is 9.53 Å². The molecule has 0 unspecified atom stereocenters. The van der Waals surface area contributed by atoms with E-state index in [9.17, 15) is 4.79 Å². The quantitative estimate of drug-likeness (QED) is 0.723. The third kappa shape index (κ3) is 4.29. The van der Waals surface area contributed by atoms with E-state index in [4.69, 9.17) is 4.74 Å². The van der Waals surface area contributed by atoms with E-state index in [2.05, 4.69) is 25.8 Å². The Balaban J connectivity index is 1.97. The molecule has 0 aliphatic heterocycles. The molecule has 1 aliphatic carbocycles. The van der Waals surface area contributed by atoms with Crippen molar-refractivity contribution in [3.8, 4) is 5.75 Å². The van der Waals surface area contributed by atoms with Crippen molar-refractivity contribution >= 4 is 5.78 Å². The Hall–Kier alpha value is -1.38. The molecule has 0 amide bonds. The van der Waals surface area contributed by atoms with Crippen LogP contribution >= 0.6 is 0 Å². The molecule has 0 aromatic carbocycles. The fraction of sp³-hybridized carbons (Fsp3) is 0.667. The minimum absolute atomic E-state index is 0.170. The average molecular weight is 289 g/mol. The summed E-state index contributed by atoms with van der Waals surface area (Å²) in [6.07, 6.45) is 8.69. The average Bonchev–Trinajstić information content (AvgIpc) is 2.52. The molecule has 1 saturated carbocycles. The molecule has 0 N–H and O–H groups in total. The lowest BCUT2D eigenvalue weighted by molar-refractivity contribution is 0.0858. The lowest BCUT2D eigenvalue weighted by Crippen LogP contribution is -2.24. The van der Waals surface area contributed by atoms with Crippen LogP contribution in [0.15, 0.2) is 18.5 Å². The van der Waals surface area contributed by atoms with Crippen LogP contribution in [0.25, 0.3) is 0 Å². The van der Waals surface area contributed by atoms with Gasteiger partial charge in [-0.05, 0) is 50.0 Å². The van der Waals surface area contributed by atoms with Gasteiger partial charge < -0.3 is 4.74 Å². The maximum Gasteiger partial charge on any atom is 0.167 e. The maximum atomic E-state index is 12.6. The first-order valence-corrected chi connectivity index (χ1v) is 8.23. The monoisotopic (exact) mass is 289 g/mol. The highest BCUT2D eigenvalue weighted by atomic mass is 16.5. The van der Waals surface area contributed by atoms with Crippen LogP contribution in [0.3, 0.4) is 0 Å². The molecule has 3 nitrogen and oxygen atoms in total. The van der Waals surface area contributed by atoms with Crippen LogP contribution in [0, 0.1) is 17.8 Å². The van der Waals surface area contributed by atoms with Gasteiger partial charge in [0.25, 0.3) is 0 Å². The van der Waals surface area contributed by atoms with Gasteiger partial charge >= 0.3 is 0 Å². The van der Waals surface area contributed by atoms with E-state index in [0.29, 0.717) is 17.9 Å². The molecule has 0 atom stereocenters. The molecule has 116 valence electrons. The molecule has 21 heavy (non-hydrogen) atoms. The summed E-state index contributed by atoms with van der Waals surface area (Å²) < 4.78 is 5.57. The van der Waals surface area contributed by atoms with Crippen LogP contribution in [-0.4, -0.2) is 17.4 Å². The molecule has 0 radical (unpaired) electrons. The first-order valence-electron chi connectivity index (χ1n) is 8.23. The second kappa shape index (κ2) is 7.58. The van der Waals surface area contributed by atoms with Crippen LogP contribution in [0.1, 0.15) is 63.2 Å². The number of hydrogen-bond donors (Lipinski definition) is 0. The number of pyridine rings is 1. The molecule has 1 aromatic rings. The van der Waals surface area contributed by atoms with Gasteiger partial charge in [-0.25, -0.2) is 0 Å². The van der Waals surface area contributed by atoms with Gasteiger partial charge in [0.05, 0.1) is 12.8 Å². The van der Waals surface area contributed by atoms with E-state index >= 15 is 0 Å². The predicted octanol–water partition coefficient (Wildman–Crippen LogP) is 4.52. The molecule has 3 heteroatoms. The second-order valence-corrected chi connectivity index (χ2v) is 6.48. The number of rotatable bonds is 6. The lowest BCUT2D eigenvalue weighted by atomic mass is 9.75. The van der Waals surface area contributed by atoms with Crippen LogP contribution < -0.4 is 4.74 Å². The zero-order chi connectivity index (χ0) is 15.2. The van der Waals surface area contributed by atoms with Crippen LogP contribution in [0.4, 0.5) is 0 Å². The van der Waals surface area contributed by atoms with Crippen LogP contribution in [0.2, 0.25) is 0 Å². The zero-order valence-electron chi connectivity index (χ0n) is 13.5. The number of hydrogen-bond acceptors (Lipinski definition) is 3. The van der Waals surface area contributed by atoms with Crippen molar-refractivity contribution in [2.24, 2.45) is 17.8 Å². The van der Waals surface area contributed by atoms with Gasteiger partial charge in [0.1, 0.15) is 5.75 Å². The highest BCUT2D eigenvalue weighted by Gasteiger charge is 2.28. The van der Waals surface area contributed by atoms with Gasteiger partial charge in [0.15, 0.2) is 5.78 Å². The van der Waals surface area contributed by atoms with Crippen molar-refractivity contribution in [2.45, 2.75) is 52.9 Å². The fourth-order valence-corrected chi connectivity index (χ4v) is 3.14. The number of ketones is 1. The van der Waals surface area contributed by atoms with E-state index in [1.807, 2.05) is 6.07 Å². The van der Waals surface area contributed by atoms with Crippen molar-refractivity contribution in [3.05, 3.63) is 24.0 Å². The fourth-order valence-electron chi connectivity index (χ4n) is 3.14. The van der Waals surface area contributed by atoms with Crippen molar-refractivity contribution in [1.82, 2.24) is 4.98 Å². The second-order valence-electron chi connectivity index (χ2n) is 6.48. The summed E-state index contributed by atoms with van der Waals surface area (Å²) in [4.78, 5) is 16.8. The molecule has 1 heterocycles. The minimum Gasteiger partial charge on any atom is -0.492 e. The Morgan fingerprint density at radius 3 is 2.62 bits per heavy atom. The summed E-state index contributed by atoms with van der Waals surface area (Å²) in [6.45, 7) is 7.30. The summed E-state index contributed by atoms with van der Waals surface area (Å²) in [5, 5.41) is 0. The third-order valence-corrected chi connectivity index (χ3v) is 4.56. The Labute approximate surface area is 128 Å². The number of carbonyl (C=O) groups is 1. The van der Waals surface area contributed by atoms with Gasteiger partial charge in [-0.3, -0.25) is 9.78 Å². The van der Waals surface area contributed by atoms with Gasteiger partial charge in [-0.15, -0.1) is 0 Å². The summed E-state index contributed by atoms with van der Waals surface area (Å²) >= 11 is 0. The summed E-state index contributed by atoms with van der Waals surface area (Å²) in [5.74, 6) is 2.63. The SMILES string of the molecule is CCCOc1cncc(C(=O)C2CCC(C(C)C)CC2)c1. The largest absolute Gasteiger partial charge is 0.492 e. The van der Waals surface area contributed by atoms with Crippen molar-refractivity contribution in [2.75, 3.05) is 6.61 Å². The molecular formula is C18H27NO2. The van der Waals surface area contributed by atoms with E-state index in [0.717, 1.165) is 31.1 Å². The van der Waals surface area contributed by atoms with E-state index in [1.165, 1.54) is 12.8 Å². The molecule has 1 aliphatic rings. The van der Waals surface area contributed by atoms with Gasteiger partial charge in [0, 0.05) is 17.7 Å². The highest BCUT2D eigenvalue weighted by molar-refractivity contribution is 5.97. The third-order valence-electron chi connectivity index (χ3n) is 4.56. The molecule has 1 aromatic heterocycles. The number of nitrogens with zero attached hydrogens (tertiary/aromatic N) is 1. The number of ether oxygens (including phenoxy) is 1. The van der Waals surface area contributed by atoms with E-state index in [1.54, 1.807) is 12.4 Å². The van der Waals surface area contributed by atoms with Crippen molar-refractivity contribution in [3.63, 3.8) is 0 Å². The standard InChI is InChI=1S/C18H27NO2/c1-4-9-21-17-10-16(11-19-12-17)18(20)15-7-5-14(6-8-15)13(2)3/h10-15H,4-9H2,1-3H3. The molecular weight excluding hydrogens is 262 g/mol. The predicted molar refractivity (Wildman–Crippen MR) is 84.6 cm³/mol.